The predicted molar refractivity (Wildman–Crippen MR) is 90.6 cm³/mol. The quantitative estimate of drug-likeness (QED) is 0.765. The number of thiophene rings is 1. The minimum atomic E-state index is -0.913. The van der Waals surface area contributed by atoms with Crippen molar-refractivity contribution in [3.63, 3.8) is 0 Å². The molecule has 0 spiro atoms. The van der Waals surface area contributed by atoms with E-state index in [-0.39, 0.29) is 12.0 Å². The normalized spacial score (nSPS) is 11.2. The molecule has 1 N–H and O–H groups in total. The number of carboxylic acid groups (broad SMARTS) is 1. The zero-order valence-corrected chi connectivity index (χ0v) is 14.3. The summed E-state index contributed by atoms with van der Waals surface area (Å²) in [5.41, 5.74) is 0.444. The van der Waals surface area contributed by atoms with Gasteiger partial charge in [0.2, 0.25) is 0 Å². The van der Waals surface area contributed by atoms with E-state index in [1.54, 1.807) is 28.2 Å². The lowest BCUT2D eigenvalue weighted by molar-refractivity contribution is -0.136. The van der Waals surface area contributed by atoms with E-state index in [1.807, 2.05) is 6.07 Å². The van der Waals surface area contributed by atoms with Crippen LogP contribution >= 0.6 is 22.7 Å². The van der Waals surface area contributed by atoms with Gasteiger partial charge < -0.3 is 5.11 Å². The third-order valence-electron chi connectivity index (χ3n) is 3.47. The molecule has 0 atom stereocenters. The standard InChI is InChI=1S/C15H15N3O3S2/c1-3-10-5-11-14(23-10)16-8(2)18(15(11)21)6-12-17-9(7-22-12)4-13(19)20/h5,7H,3-4,6H2,1-2H3,(H,19,20). The molecule has 0 saturated heterocycles. The highest BCUT2D eigenvalue weighted by Crippen LogP contribution is 2.22. The summed E-state index contributed by atoms with van der Waals surface area (Å²) >= 11 is 2.91. The molecule has 3 aromatic heterocycles. The molecule has 0 radical (unpaired) electrons. The van der Waals surface area contributed by atoms with Gasteiger partial charge in [0.05, 0.1) is 24.0 Å². The molecule has 120 valence electrons. The number of fused-ring (bicyclic) bond motifs is 1. The number of aromatic nitrogens is 3. The van der Waals surface area contributed by atoms with Crippen molar-refractivity contribution in [3.8, 4) is 0 Å². The number of rotatable bonds is 5. The second-order valence-corrected chi connectivity index (χ2v) is 7.20. The minimum Gasteiger partial charge on any atom is -0.481 e. The summed E-state index contributed by atoms with van der Waals surface area (Å²) in [6.45, 7) is 4.17. The van der Waals surface area contributed by atoms with Crippen LogP contribution in [0, 0.1) is 6.92 Å². The van der Waals surface area contributed by atoms with Crippen molar-refractivity contribution < 1.29 is 9.90 Å². The van der Waals surface area contributed by atoms with Gasteiger partial charge in [0.1, 0.15) is 15.7 Å². The Morgan fingerprint density at radius 1 is 1.39 bits per heavy atom. The number of aliphatic carboxylic acids is 1. The van der Waals surface area contributed by atoms with Crippen molar-refractivity contribution in [2.75, 3.05) is 0 Å². The van der Waals surface area contributed by atoms with Crippen LogP contribution in [0.5, 0.6) is 0 Å². The molecule has 23 heavy (non-hydrogen) atoms. The van der Waals surface area contributed by atoms with Crippen LogP contribution < -0.4 is 5.56 Å². The number of hydrogen-bond acceptors (Lipinski definition) is 6. The molecule has 0 aromatic carbocycles. The second-order valence-electron chi connectivity index (χ2n) is 5.14. The predicted octanol–water partition coefficient (Wildman–Crippen LogP) is 2.46. The van der Waals surface area contributed by atoms with E-state index in [1.165, 1.54) is 11.3 Å². The van der Waals surface area contributed by atoms with Gasteiger partial charge in [0.25, 0.3) is 5.56 Å². The third-order valence-corrected chi connectivity index (χ3v) is 5.52. The van der Waals surface area contributed by atoms with Crippen LogP contribution in [0.15, 0.2) is 16.2 Å². The summed E-state index contributed by atoms with van der Waals surface area (Å²) in [6.07, 6.45) is 0.774. The van der Waals surface area contributed by atoms with Crippen LogP contribution in [0.4, 0.5) is 0 Å². The zero-order chi connectivity index (χ0) is 16.6. The summed E-state index contributed by atoms with van der Waals surface area (Å²) in [6, 6.07) is 1.91. The SMILES string of the molecule is CCc1cc2c(=O)n(Cc3nc(CC(=O)O)cs3)c(C)nc2s1. The lowest BCUT2D eigenvalue weighted by Crippen LogP contribution is -2.23. The van der Waals surface area contributed by atoms with E-state index < -0.39 is 5.97 Å². The van der Waals surface area contributed by atoms with Crippen LogP contribution in [0.2, 0.25) is 0 Å². The highest BCUT2D eigenvalue weighted by atomic mass is 32.1. The average molecular weight is 349 g/mol. The van der Waals surface area contributed by atoms with Gasteiger partial charge in [-0.1, -0.05) is 6.92 Å². The molecule has 0 saturated carbocycles. The zero-order valence-electron chi connectivity index (χ0n) is 12.7. The van der Waals surface area contributed by atoms with Gasteiger partial charge >= 0.3 is 5.97 Å². The Balaban J connectivity index is 1.97. The largest absolute Gasteiger partial charge is 0.481 e. The third kappa shape index (κ3) is 3.18. The number of carbonyl (C=O) groups is 1. The molecule has 0 aliphatic heterocycles. The molecule has 3 heterocycles. The maximum Gasteiger partial charge on any atom is 0.309 e. The molecule has 8 heteroatoms. The first kappa shape index (κ1) is 15.8. The monoisotopic (exact) mass is 349 g/mol. The number of nitrogens with zero attached hydrogens (tertiary/aromatic N) is 3. The van der Waals surface area contributed by atoms with Gasteiger partial charge in [-0.2, -0.15) is 0 Å². The Morgan fingerprint density at radius 3 is 2.87 bits per heavy atom. The molecule has 3 aromatic rings. The van der Waals surface area contributed by atoms with Crippen molar-refractivity contribution in [3.05, 3.63) is 43.2 Å². The molecular weight excluding hydrogens is 334 g/mol. The Hall–Kier alpha value is -2.06. The maximum atomic E-state index is 12.7. The first-order valence-corrected chi connectivity index (χ1v) is 8.82. The number of thiazole rings is 1. The van der Waals surface area contributed by atoms with E-state index in [9.17, 15) is 9.59 Å². The first-order chi connectivity index (χ1) is 11.0. The second kappa shape index (κ2) is 6.21. The number of aryl methyl sites for hydroxylation is 2. The molecule has 0 unspecified atom stereocenters. The minimum absolute atomic E-state index is 0.0709. The van der Waals surface area contributed by atoms with Gasteiger partial charge in [0, 0.05) is 10.3 Å². The van der Waals surface area contributed by atoms with Gasteiger partial charge in [-0.15, -0.1) is 22.7 Å². The van der Waals surface area contributed by atoms with Crippen molar-refractivity contribution >= 4 is 38.9 Å². The smallest absolute Gasteiger partial charge is 0.309 e. The van der Waals surface area contributed by atoms with Gasteiger partial charge in [-0.3, -0.25) is 14.2 Å². The molecule has 6 nitrogen and oxygen atoms in total. The highest BCUT2D eigenvalue weighted by molar-refractivity contribution is 7.18. The lowest BCUT2D eigenvalue weighted by Gasteiger charge is -2.07. The van der Waals surface area contributed by atoms with E-state index in [4.69, 9.17) is 5.11 Å². The fourth-order valence-electron chi connectivity index (χ4n) is 2.32. The molecule has 0 aliphatic rings. The highest BCUT2D eigenvalue weighted by Gasteiger charge is 2.13. The summed E-state index contributed by atoms with van der Waals surface area (Å²) in [4.78, 5) is 34.1. The van der Waals surface area contributed by atoms with Crippen LogP contribution in [0.25, 0.3) is 10.2 Å². The van der Waals surface area contributed by atoms with Crippen LogP contribution in [0.1, 0.15) is 28.3 Å². The van der Waals surface area contributed by atoms with Gasteiger partial charge in [0.15, 0.2) is 0 Å². The van der Waals surface area contributed by atoms with E-state index in [0.717, 1.165) is 16.1 Å². The fourth-order valence-corrected chi connectivity index (χ4v) is 4.11. The summed E-state index contributed by atoms with van der Waals surface area (Å²) in [7, 11) is 0. The van der Waals surface area contributed by atoms with Crippen molar-refractivity contribution in [2.45, 2.75) is 33.2 Å². The summed E-state index contributed by atoms with van der Waals surface area (Å²) < 4.78 is 1.60. The summed E-state index contributed by atoms with van der Waals surface area (Å²) in [5, 5.41) is 11.9. The topological polar surface area (TPSA) is 85.1 Å². The van der Waals surface area contributed by atoms with Crippen molar-refractivity contribution in [1.82, 2.24) is 14.5 Å². The Morgan fingerprint density at radius 2 is 2.17 bits per heavy atom. The van der Waals surface area contributed by atoms with Gasteiger partial charge in [-0.25, -0.2) is 9.97 Å². The van der Waals surface area contributed by atoms with E-state index in [2.05, 4.69) is 16.9 Å². The molecule has 0 bridgehead atoms. The van der Waals surface area contributed by atoms with Crippen LogP contribution in [-0.4, -0.2) is 25.6 Å². The molecular formula is C15H15N3O3S2. The van der Waals surface area contributed by atoms with Crippen molar-refractivity contribution in [1.29, 1.82) is 0 Å². The van der Waals surface area contributed by atoms with Gasteiger partial charge in [-0.05, 0) is 19.4 Å². The maximum absolute atomic E-state index is 12.7. The van der Waals surface area contributed by atoms with E-state index in [0.29, 0.717) is 28.5 Å². The number of carboxylic acids is 1. The molecule has 3 rings (SSSR count). The fraction of sp³-hybridized carbons (Fsp3) is 0.333. The van der Waals surface area contributed by atoms with E-state index >= 15 is 0 Å². The Kier molecular flexibility index (Phi) is 4.27. The summed E-state index contributed by atoms with van der Waals surface area (Å²) in [5.74, 6) is -0.273. The van der Waals surface area contributed by atoms with Crippen molar-refractivity contribution in [2.24, 2.45) is 0 Å². The molecule has 0 fully saturated rings. The molecule has 0 aliphatic carbocycles. The number of hydrogen-bond donors (Lipinski definition) is 1. The average Bonchev–Trinajstić information content (AvgIpc) is 3.09. The molecule has 0 amide bonds. The first-order valence-electron chi connectivity index (χ1n) is 7.13. The Bertz CT molecular complexity index is 939. The lowest BCUT2D eigenvalue weighted by atomic mass is 10.3. The Labute approximate surface area is 140 Å². The van der Waals surface area contributed by atoms with Crippen LogP contribution in [0.3, 0.4) is 0 Å². The van der Waals surface area contributed by atoms with Crippen LogP contribution in [-0.2, 0) is 24.2 Å².